The number of fused-ring (bicyclic) bond motifs is 3. The molecule has 0 saturated carbocycles. The van der Waals surface area contributed by atoms with Crippen LogP contribution in [0.1, 0.15) is 49.3 Å². The van der Waals surface area contributed by atoms with E-state index in [2.05, 4.69) is 42.5 Å². The molecular weight excluding hydrogens is 471 g/mol. The minimum atomic E-state index is -0.460. The number of aliphatic hydroxyl groups is 1. The van der Waals surface area contributed by atoms with Crippen molar-refractivity contribution in [2.75, 3.05) is 31.7 Å². The fourth-order valence-electron chi connectivity index (χ4n) is 5.10. The molecule has 0 spiro atoms. The van der Waals surface area contributed by atoms with Gasteiger partial charge >= 0.3 is 0 Å². The summed E-state index contributed by atoms with van der Waals surface area (Å²) in [5, 5.41) is 19.4. The third-order valence-corrected chi connectivity index (χ3v) is 7.37. The maximum absolute atomic E-state index is 13.8. The van der Waals surface area contributed by atoms with E-state index < -0.39 is 5.82 Å². The lowest BCUT2D eigenvalue weighted by atomic mass is 9.95. The summed E-state index contributed by atoms with van der Waals surface area (Å²) in [6.45, 7) is 5.21. The third kappa shape index (κ3) is 4.72. The van der Waals surface area contributed by atoms with Gasteiger partial charge in [-0.05, 0) is 49.9 Å². The highest BCUT2D eigenvalue weighted by Gasteiger charge is 2.31. The molecule has 1 saturated heterocycles. The highest BCUT2D eigenvalue weighted by Crippen LogP contribution is 2.35. The zero-order valence-corrected chi connectivity index (χ0v) is 20.7. The molecular formula is C25H30ClFN6O2. The number of pyridine rings is 1. The van der Waals surface area contributed by atoms with Gasteiger partial charge in [0.1, 0.15) is 11.6 Å². The van der Waals surface area contributed by atoms with Crippen LogP contribution in [0.15, 0.2) is 30.5 Å². The normalized spacial score (nSPS) is 17.6. The zero-order valence-electron chi connectivity index (χ0n) is 20.0. The number of hydrogen-bond donors (Lipinski definition) is 1. The van der Waals surface area contributed by atoms with Crippen molar-refractivity contribution in [3.05, 3.63) is 58.5 Å². The largest absolute Gasteiger partial charge is 0.493 e. The number of methoxy groups -OCH3 is 1. The number of hydrogen-bond acceptors (Lipinski definition) is 7. The molecule has 2 aliphatic heterocycles. The van der Waals surface area contributed by atoms with E-state index in [9.17, 15) is 9.50 Å². The predicted octanol–water partition coefficient (Wildman–Crippen LogP) is 3.93. The highest BCUT2D eigenvalue weighted by atomic mass is 35.5. The van der Waals surface area contributed by atoms with Gasteiger partial charge < -0.3 is 14.7 Å². The van der Waals surface area contributed by atoms with E-state index in [1.54, 1.807) is 6.07 Å². The van der Waals surface area contributed by atoms with Crippen LogP contribution in [-0.2, 0) is 13.1 Å². The van der Waals surface area contributed by atoms with Gasteiger partial charge in [-0.1, -0.05) is 11.6 Å². The smallest absolute Gasteiger partial charge is 0.183 e. The molecule has 35 heavy (non-hydrogen) atoms. The molecule has 1 atom stereocenters. The molecule has 1 fully saturated rings. The van der Waals surface area contributed by atoms with Crippen LogP contribution in [0.5, 0.6) is 5.75 Å². The first-order valence-corrected chi connectivity index (χ1v) is 12.4. The molecule has 4 heterocycles. The van der Waals surface area contributed by atoms with Gasteiger partial charge in [-0.2, -0.15) is 0 Å². The Morgan fingerprint density at radius 2 is 2.00 bits per heavy atom. The minimum Gasteiger partial charge on any atom is -0.493 e. The van der Waals surface area contributed by atoms with Crippen molar-refractivity contribution in [2.24, 2.45) is 0 Å². The fourth-order valence-corrected chi connectivity index (χ4v) is 5.30. The summed E-state index contributed by atoms with van der Waals surface area (Å²) in [7, 11) is 1.46. The molecule has 5 rings (SSSR count). The van der Waals surface area contributed by atoms with Crippen LogP contribution in [0.4, 0.5) is 10.2 Å². The van der Waals surface area contributed by atoms with Crippen LogP contribution >= 0.6 is 11.6 Å². The molecule has 1 aromatic carbocycles. The Labute approximate surface area is 209 Å². The molecule has 0 unspecified atom stereocenters. The topological polar surface area (TPSA) is 79.5 Å². The van der Waals surface area contributed by atoms with Crippen LogP contribution in [-0.4, -0.2) is 62.6 Å². The molecule has 186 valence electrons. The van der Waals surface area contributed by atoms with E-state index in [1.807, 2.05) is 12.1 Å². The number of nitrogens with zero attached hydrogens (tertiary/aromatic N) is 6. The van der Waals surface area contributed by atoms with Gasteiger partial charge in [0.15, 0.2) is 17.4 Å². The standard InChI is InChI=1S/C25H30ClFN6O2/c1-16(7-10-34)32-14-18-11-19(26)3-4-21(18)33-24(15-32)29-30-25(33)17-5-8-31(9-6-17)23-12-22(35-2)20(27)13-28-23/h3-4,11-13,16-17,34H,5-10,14-15H2,1-2H3/t16-/m0/s1. The lowest BCUT2D eigenvalue weighted by Crippen LogP contribution is -2.34. The average Bonchev–Trinajstić information content (AvgIpc) is 3.20. The summed E-state index contributed by atoms with van der Waals surface area (Å²) in [5.41, 5.74) is 2.19. The summed E-state index contributed by atoms with van der Waals surface area (Å²) in [4.78, 5) is 8.74. The second kappa shape index (κ2) is 10.1. The number of halogens is 2. The van der Waals surface area contributed by atoms with Crippen LogP contribution in [0.2, 0.25) is 5.02 Å². The van der Waals surface area contributed by atoms with E-state index in [1.165, 1.54) is 13.3 Å². The molecule has 0 radical (unpaired) electrons. The van der Waals surface area contributed by atoms with Crippen molar-refractivity contribution < 1.29 is 14.2 Å². The number of aromatic nitrogens is 4. The second-order valence-electron chi connectivity index (χ2n) is 9.29. The summed E-state index contributed by atoms with van der Waals surface area (Å²) in [6, 6.07) is 7.84. The third-order valence-electron chi connectivity index (χ3n) is 7.14. The van der Waals surface area contributed by atoms with Gasteiger partial charge in [-0.25, -0.2) is 9.37 Å². The van der Waals surface area contributed by atoms with Crippen molar-refractivity contribution >= 4 is 17.4 Å². The number of benzene rings is 1. The van der Waals surface area contributed by atoms with E-state index in [0.717, 1.165) is 61.2 Å². The molecule has 0 aliphatic carbocycles. The van der Waals surface area contributed by atoms with Crippen molar-refractivity contribution in [1.82, 2.24) is 24.6 Å². The van der Waals surface area contributed by atoms with Crippen molar-refractivity contribution in [2.45, 2.75) is 51.2 Å². The second-order valence-corrected chi connectivity index (χ2v) is 9.72. The van der Waals surface area contributed by atoms with Gasteiger partial charge in [0.05, 0.1) is 25.5 Å². The predicted molar refractivity (Wildman–Crippen MR) is 132 cm³/mol. The Balaban J connectivity index is 1.42. The van der Waals surface area contributed by atoms with Gasteiger partial charge in [-0.15, -0.1) is 10.2 Å². The monoisotopic (exact) mass is 500 g/mol. The van der Waals surface area contributed by atoms with Crippen LogP contribution in [0.3, 0.4) is 0 Å². The fraction of sp³-hybridized carbons (Fsp3) is 0.480. The number of piperidine rings is 1. The summed E-state index contributed by atoms with van der Waals surface area (Å²) < 4.78 is 21.1. The number of aliphatic hydroxyl groups excluding tert-OH is 1. The van der Waals surface area contributed by atoms with Crippen LogP contribution in [0, 0.1) is 5.82 Å². The Bertz CT molecular complexity index is 1200. The molecule has 0 bridgehead atoms. The molecule has 0 amide bonds. The van der Waals surface area contributed by atoms with Crippen molar-refractivity contribution in [3.63, 3.8) is 0 Å². The SMILES string of the molecule is COc1cc(N2CCC(c3nnc4n3-c3ccc(Cl)cc3CN([C@@H](C)CCO)C4)CC2)ncc1F. The first-order chi connectivity index (χ1) is 17.0. The number of rotatable bonds is 6. The average molecular weight is 501 g/mol. The molecule has 2 aliphatic rings. The van der Waals surface area contributed by atoms with Crippen LogP contribution < -0.4 is 9.64 Å². The lowest BCUT2D eigenvalue weighted by molar-refractivity contribution is 0.152. The van der Waals surface area contributed by atoms with E-state index in [-0.39, 0.29) is 24.3 Å². The summed E-state index contributed by atoms with van der Waals surface area (Å²) >= 11 is 6.37. The van der Waals surface area contributed by atoms with Gasteiger partial charge in [0.2, 0.25) is 0 Å². The first-order valence-electron chi connectivity index (χ1n) is 12.0. The molecule has 10 heteroatoms. The van der Waals surface area contributed by atoms with Crippen molar-refractivity contribution in [3.8, 4) is 11.4 Å². The minimum absolute atomic E-state index is 0.144. The molecule has 1 N–H and O–H groups in total. The quantitative estimate of drug-likeness (QED) is 0.549. The van der Waals surface area contributed by atoms with E-state index >= 15 is 0 Å². The molecule has 8 nitrogen and oxygen atoms in total. The van der Waals surface area contributed by atoms with E-state index in [4.69, 9.17) is 16.3 Å². The summed E-state index contributed by atoms with van der Waals surface area (Å²) in [5.74, 6) is 2.56. The van der Waals surface area contributed by atoms with Crippen LogP contribution in [0.25, 0.3) is 5.69 Å². The molecule has 3 aromatic rings. The summed E-state index contributed by atoms with van der Waals surface area (Å²) in [6.07, 6.45) is 3.67. The Hall–Kier alpha value is -2.75. The Morgan fingerprint density at radius 3 is 2.74 bits per heavy atom. The maximum atomic E-state index is 13.8. The number of anilines is 1. The van der Waals surface area contributed by atoms with Gasteiger partial charge in [0.25, 0.3) is 0 Å². The lowest BCUT2D eigenvalue weighted by Gasteiger charge is -2.32. The highest BCUT2D eigenvalue weighted by molar-refractivity contribution is 6.30. The maximum Gasteiger partial charge on any atom is 0.183 e. The number of ether oxygens (including phenoxy) is 1. The van der Waals surface area contributed by atoms with Crippen molar-refractivity contribution in [1.29, 1.82) is 0 Å². The molecule has 2 aromatic heterocycles. The van der Waals surface area contributed by atoms with E-state index in [0.29, 0.717) is 18.0 Å². The first kappa shape index (κ1) is 24.0. The Kier molecular flexibility index (Phi) is 6.91. The van der Waals surface area contributed by atoms with Gasteiger partial charge in [-0.3, -0.25) is 9.47 Å². The zero-order chi connectivity index (χ0) is 24.5. The Morgan fingerprint density at radius 1 is 1.20 bits per heavy atom. The van der Waals surface area contributed by atoms with Gasteiger partial charge in [0, 0.05) is 49.3 Å².